The lowest BCUT2D eigenvalue weighted by Gasteiger charge is -2.13. The van der Waals surface area contributed by atoms with Crippen LogP contribution in [-0.4, -0.2) is 22.8 Å². The molecule has 0 saturated carbocycles. The lowest BCUT2D eigenvalue weighted by molar-refractivity contribution is 0.252. The molecule has 106 valence electrons. The number of nitrogens with zero attached hydrogens (tertiary/aromatic N) is 2. The summed E-state index contributed by atoms with van der Waals surface area (Å²) in [5.41, 5.74) is 0.569. The molecule has 2 rings (SSSR count). The van der Waals surface area contributed by atoms with Crippen LogP contribution in [0.4, 0.5) is 26.1 Å². The summed E-state index contributed by atoms with van der Waals surface area (Å²) in [6.07, 6.45) is 1.39. The van der Waals surface area contributed by atoms with Gasteiger partial charge in [-0.05, 0) is 28.1 Å². The van der Waals surface area contributed by atoms with Gasteiger partial charge in [0.2, 0.25) is 0 Å². The molecule has 0 atom stereocenters. The van der Waals surface area contributed by atoms with Crippen LogP contribution in [-0.2, 0) is 0 Å². The third-order valence-corrected chi connectivity index (χ3v) is 3.92. The van der Waals surface area contributed by atoms with E-state index >= 15 is 0 Å². The Labute approximate surface area is 127 Å². The van der Waals surface area contributed by atoms with Crippen LogP contribution in [0.25, 0.3) is 0 Å². The second-order valence-corrected chi connectivity index (χ2v) is 5.46. The zero-order valence-corrected chi connectivity index (χ0v) is 12.8. The van der Waals surface area contributed by atoms with Gasteiger partial charge in [-0.3, -0.25) is 0 Å². The van der Waals surface area contributed by atoms with Gasteiger partial charge in [-0.25, -0.2) is 9.97 Å². The Balaban J connectivity index is 2.30. The van der Waals surface area contributed by atoms with Crippen molar-refractivity contribution in [2.45, 2.75) is 10.7 Å². The topological polar surface area (TPSA) is 49.8 Å². The van der Waals surface area contributed by atoms with Crippen LogP contribution in [0.1, 0.15) is 0 Å². The maximum absolute atomic E-state index is 12.5. The van der Waals surface area contributed by atoms with Crippen molar-refractivity contribution in [2.24, 2.45) is 0 Å². The van der Waals surface area contributed by atoms with Crippen molar-refractivity contribution in [1.82, 2.24) is 9.97 Å². The molecular weight excluding hydrogens is 350 g/mol. The Bertz CT molecular complexity index is 597. The Morgan fingerprint density at radius 2 is 1.90 bits per heavy atom. The van der Waals surface area contributed by atoms with Gasteiger partial charge < -0.3 is 10.6 Å². The average Bonchev–Trinajstić information content (AvgIpc) is 2.42. The molecule has 0 radical (unpaired) electrons. The molecule has 0 unspecified atom stereocenters. The monoisotopic (exact) mass is 360 g/mol. The number of anilines is 3. The van der Waals surface area contributed by atoms with Crippen LogP contribution in [0.3, 0.4) is 0 Å². The molecule has 1 heterocycles. The van der Waals surface area contributed by atoms with Crippen molar-refractivity contribution in [1.29, 1.82) is 0 Å². The third kappa shape index (κ3) is 3.57. The average molecular weight is 361 g/mol. The minimum absolute atomic E-state index is 0.457. The maximum atomic E-state index is 12.5. The fraction of sp³-hybridized carbons (Fsp3) is 0.167. The second kappa shape index (κ2) is 6.85. The van der Waals surface area contributed by atoms with E-state index in [9.17, 15) is 8.78 Å². The van der Waals surface area contributed by atoms with E-state index in [0.717, 1.165) is 0 Å². The summed E-state index contributed by atoms with van der Waals surface area (Å²) in [4.78, 5) is 8.59. The first kappa shape index (κ1) is 15.0. The number of halogens is 3. The minimum atomic E-state index is -2.47. The molecule has 0 aliphatic rings. The number of para-hydroxylation sites is 1. The van der Waals surface area contributed by atoms with Crippen molar-refractivity contribution in [3.8, 4) is 0 Å². The largest absolute Gasteiger partial charge is 0.372 e. The number of rotatable bonds is 5. The predicted molar refractivity (Wildman–Crippen MR) is 80.9 cm³/mol. The van der Waals surface area contributed by atoms with E-state index in [1.54, 1.807) is 31.3 Å². The lowest BCUT2D eigenvalue weighted by Crippen LogP contribution is -2.01. The molecule has 1 aromatic heterocycles. The summed E-state index contributed by atoms with van der Waals surface area (Å²) in [6, 6.07) is 6.83. The van der Waals surface area contributed by atoms with Crippen LogP contribution < -0.4 is 10.6 Å². The quantitative estimate of drug-likeness (QED) is 0.776. The first-order valence-corrected chi connectivity index (χ1v) is 7.28. The Kier molecular flexibility index (Phi) is 5.13. The Hall–Kier alpha value is -1.41. The van der Waals surface area contributed by atoms with E-state index in [1.807, 2.05) is 0 Å². The molecule has 0 aliphatic heterocycles. The number of alkyl halides is 2. The van der Waals surface area contributed by atoms with Gasteiger partial charge in [0.1, 0.15) is 22.4 Å². The zero-order valence-electron chi connectivity index (χ0n) is 10.4. The van der Waals surface area contributed by atoms with Crippen LogP contribution >= 0.6 is 27.7 Å². The van der Waals surface area contributed by atoms with E-state index in [1.165, 1.54) is 6.33 Å². The van der Waals surface area contributed by atoms with Crippen molar-refractivity contribution in [2.75, 3.05) is 17.7 Å². The molecule has 1 aromatic carbocycles. The van der Waals surface area contributed by atoms with Gasteiger partial charge in [0, 0.05) is 11.9 Å². The van der Waals surface area contributed by atoms with Crippen molar-refractivity contribution >= 4 is 45.0 Å². The van der Waals surface area contributed by atoms with E-state index < -0.39 is 5.76 Å². The zero-order chi connectivity index (χ0) is 14.5. The summed E-state index contributed by atoms with van der Waals surface area (Å²) >= 11 is 3.86. The third-order valence-electron chi connectivity index (χ3n) is 2.38. The van der Waals surface area contributed by atoms with Crippen LogP contribution in [0.5, 0.6) is 0 Å². The van der Waals surface area contributed by atoms with Gasteiger partial charge in [0.25, 0.3) is 5.76 Å². The molecule has 4 nitrogen and oxygen atoms in total. The minimum Gasteiger partial charge on any atom is -0.372 e. The number of hydrogen-bond acceptors (Lipinski definition) is 5. The number of benzene rings is 1. The van der Waals surface area contributed by atoms with Gasteiger partial charge >= 0.3 is 0 Å². The molecule has 0 spiro atoms. The van der Waals surface area contributed by atoms with E-state index in [0.29, 0.717) is 38.5 Å². The molecule has 0 fully saturated rings. The summed E-state index contributed by atoms with van der Waals surface area (Å²) in [5, 5.41) is 5.93. The second-order valence-electron chi connectivity index (χ2n) is 3.63. The summed E-state index contributed by atoms with van der Waals surface area (Å²) in [6.45, 7) is 0. The van der Waals surface area contributed by atoms with Crippen LogP contribution in [0, 0.1) is 0 Å². The molecule has 0 amide bonds. The standard InChI is InChI=1S/C12H11BrF2N4S/c1-16-10-9(13)11(18-6-17-10)19-7-4-2-3-5-8(7)20-12(14)15/h2-6,12H,1H3,(H2,16,17,18,19). The van der Waals surface area contributed by atoms with Gasteiger partial charge in [-0.1, -0.05) is 23.9 Å². The van der Waals surface area contributed by atoms with Gasteiger partial charge in [0.05, 0.1) is 5.69 Å². The molecule has 0 aliphatic carbocycles. The first-order valence-electron chi connectivity index (χ1n) is 5.61. The number of aromatic nitrogens is 2. The first-order chi connectivity index (χ1) is 9.61. The van der Waals surface area contributed by atoms with Gasteiger partial charge in [-0.15, -0.1) is 0 Å². The number of thioether (sulfide) groups is 1. The molecule has 0 saturated heterocycles. The summed E-state index contributed by atoms with van der Waals surface area (Å²) in [5.74, 6) is -1.35. The fourth-order valence-electron chi connectivity index (χ4n) is 1.53. The van der Waals surface area contributed by atoms with E-state index in [4.69, 9.17) is 0 Å². The summed E-state index contributed by atoms with van der Waals surface area (Å²) < 4.78 is 25.7. The summed E-state index contributed by atoms with van der Waals surface area (Å²) in [7, 11) is 1.73. The predicted octanol–water partition coefficient (Wildman–Crippen LogP) is 4.34. The molecule has 8 heteroatoms. The smallest absolute Gasteiger partial charge is 0.288 e. The van der Waals surface area contributed by atoms with Gasteiger partial charge in [-0.2, -0.15) is 8.78 Å². The lowest BCUT2D eigenvalue weighted by atomic mass is 10.3. The molecule has 2 N–H and O–H groups in total. The van der Waals surface area contributed by atoms with E-state index in [2.05, 4.69) is 36.5 Å². The highest BCUT2D eigenvalue weighted by Gasteiger charge is 2.12. The van der Waals surface area contributed by atoms with Crippen molar-refractivity contribution in [3.05, 3.63) is 35.1 Å². The van der Waals surface area contributed by atoms with Gasteiger partial charge in [0.15, 0.2) is 0 Å². The molecule has 0 bridgehead atoms. The van der Waals surface area contributed by atoms with Crippen LogP contribution in [0.15, 0.2) is 40.0 Å². The molecule has 20 heavy (non-hydrogen) atoms. The number of nitrogens with one attached hydrogen (secondary N) is 2. The highest BCUT2D eigenvalue weighted by Crippen LogP contribution is 2.35. The fourth-order valence-corrected chi connectivity index (χ4v) is 2.62. The van der Waals surface area contributed by atoms with Crippen molar-refractivity contribution < 1.29 is 8.78 Å². The Morgan fingerprint density at radius 3 is 2.60 bits per heavy atom. The maximum Gasteiger partial charge on any atom is 0.288 e. The SMILES string of the molecule is CNc1ncnc(Nc2ccccc2SC(F)F)c1Br. The Morgan fingerprint density at radius 1 is 1.20 bits per heavy atom. The number of hydrogen-bond donors (Lipinski definition) is 2. The van der Waals surface area contributed by atoms with E-state index in [-0.39, 0.29) is 0 Å². The van der Waals surface area contributed by atoms with Crippen molar-refractivity contribution in [3.63, 3.8) is 0 Å². The molecule has 2 aromatic rings. The molecular formula is C12H11BrF2N4S. The van der Waals surface area contributed by atoms with Crippen LogP contribution in [0.2, 0.25) is 0 Å². The highest BCUT2D eigenvalue weighted by molar-refractivity contribution is 9.10. The highest BCUT2D eigenvalue weighted by atomic mass is 79.9. The normalized spacial score (nSPS) is 10.7.